The number of aromatic hydroxyl groups is 1. The van der Waals surface area contributed by atoms with Crippen molar-refractivity contribution in [3.05, 3.63) is 58.6 Å². The second-order valence-corrected chi connectivity index (χ2v) is 10.7. The molecule has 1 aromatic heterocycles. The van der Waals surface area contributed by atoms with E-state index >= 15 is 0 Å². The van der Waals surface area contributed by atoms with Gasteiger partial charge in [-0.15, -0.1) is 0 Å². The van der Waals surface area contributed by atoms with Gasteiger partial charge in [0.15, 0.2) is 11.4 Å². The summed E-state index contributed by atoms with van der Waals surface area (Å²) in [5.41, 5.74) is 3.96. The van der Waals surface area contributed by atoms with Crippen molar-refractivity contribution in [1.82, 2.24) is 9.88 Å². The van der Waals surface area contributed by atoms with Crippen molar-refractivity contribution >= 4 is 28.9 Å². The van der Waals surface area contributed by atoms with Gasteiger partial charge < -0.3 is 31.1 Å². The van der Waals surface area contributed by atoms with E-state index in [0.29, 0.717) is 22.4 Å². The molecule has 0 saturated heterocycles. The summed E-state index contributed by atoms with van der Waals surface area (Å²) in [5, 5.41) is 45.7. The Labute approximate surface area is 224 Å². The molecule has 39 heavy (non-hydrogen) atoms. The van der Waals surface area contributed by atoms with Crippen LogP contribution in [0.4, 0.5) is 5.69 Å². The summed E-state index contributed by atoms with van der Waals surface area (Å²) < 4.78 is 0. The van der Waals surface area contributed by atoms with E-state index in [4.69, 9.17) is 5.73 Å². The molecule has 5 rings (SSSR count). The van der Waals surface area contributed by atoms with Gasteiger partial charge >= 0.3 is 0 Å². The number of hydrogen-bond acceptors (Lipinski definition) is 10. The number of primary amides is 1. The topological polar surface area (TPSA) is 178 Å². The van der Waals surface area contributed by atoms with Gasteiger partial charge in [0.2, 0.25) is 5.78 Å². The molecule has 1 heterocycles. The Morgan fingerprint density at radius 3 is 2.41 bits per heavy atom. The van der Waals surface area contributed by atoms with Crippen LogP contribution in [0.5, 0.6) is 5.75 Å². The number of carbonyl (C=O) groups is 3. The van der Waals surface area contributed by atoms with Gasteiger partial charge in [-0.3, -0.25) is 24.3 Å². The molecule has 2 aromatic rings. The maximum absolute atomic E-state index is 14.0. The Morgan fingerprint density at radius 2 is 1.85 bits per heavy atom. The number of ketones is 2. The predicted molar refractivity (Wildman–Crippen MR) is 142 cm³/mol. The van der Waals surface area contributed by atoms with Crippen LogP contribution in [-0.4, -0.2) is 87.6 Å². The third-order valence-electron chi connectivity index (χ3n) is 8.15. The molecule has 3 aliphatic carbocycles. The molecule has 11 nitrogen and oxygen atoms in total. The van der Waals surface area contributed by atoms with E-state index in [0.717, 1.165) is 0 Å². The molecule has 11 heteroatoms. The van der Waals surface area contributed by atoms with Crippen LogP contribution in [0, 0.1) is 11.8 Å². The first kappa shape index (κ1) is 26.4. The number of aromatic nitrogens is 1. The number of aliphatic hydroxyl groups is 3. The fourth-order valence-electron chi connectivity index (χ4n) is 6.43. The lowest BCUT2D eigenvalue weighted by Crippen LogP contribution is -2.65. The standard InChI is InChI=1S/C28H30N4O7/c1-31(2)17-10-14(12-6-5-7-30-11-12)22(33)19-15(17)8-13-9-16-21(32(3)4)24(35)20(27(29)38)26(37)28(16,39)25(36)18(13)23(19)34/h5-7,10-11,13,16,21,33-34,37,39H,8-9H2,1-4H3,(H2,29,38)/t13-,16-,21-,28-/m0/s1. The van der Waals surface area contributed by atoms with Crippen molar-refractivity contribution < 1.29 is 34.8 Å². The first-order valence-electron chi connectivity index (χ1n) is 12.4. The minimum absolute atomic E-state index is 0.0315. The number of carbonyl (C=O) groups excluding carboxylic acids is 3. The van der Waals surface area contributed by atoms with Crippen molar-refractivity contribution in [3.63, 3.8) is 0 Å². The van der Waals surface area contributed by atoms with Crippen LogP contribution in [0.3, 0.4) is 0 Å². The normalized spacial score (nSPS) is 26.4. The number of amides is 1. The van der Waals surface area contributed by atoms with E-state index < -0.39 is 58.0 Å². The summed E-state index contributed by atoms with van der Waals surface area (Å²) in [4.78, 5) is 46.8. The number of nitrogens with two attached hydrogens (primary N) is 1. The van der Waals surface area contributed by atoms with Gasteiger partial charge in [-0.05, 0) is 50.6 Å². The predicted octanol–water partition coefficient (Wildman–Crippen LogP) is 1.09. The zero-order chi connectivity index (χ0) is 28.5. The van der Waals surface area contributed by atoms with Crippen LogP contribution in [0.2, 0.25) is 0 Å². The van der Waals surface area contributed by atoms with E-state index in [1.165, 1.54) is 4.90 Å². The van der Waals surface area contributed by atoms with Gasteiger partial charge in [-0.1, -0.05) is 6.07 Å². The highest BCUT2D eigenvalue weighted by Crippen LogP contribution is 2.54. The van der Waals surface area contributed by atoms with E-state index in [1.807, 2.05) is 19.0 Å². The minimum Gasteiger partial charge on any atom is -0.508 e. The van der Waals surface area contributed by atoms with Gasteiger partial charge in [0.05, 0.1) is 11.6 Å². The Morgan fingerprint density at radius 1 is 1.15 bits per heavy atom. The maximum Gasteiger partial charge on any atom is 0.255 e. The Bertz CT molecular complexity index is 1490. The molecular formula is C28H30N4O7. The van der Waals surface area contributed by atoms with Crippen molar-refractivity contribution in [3.8, 4) is 16.9 Å². The second-order valence-electron chi connectivity index (χ2n) is 10.7. The number of phenols is 1. The highest BCUT2D eigenvalue weighted by molar-refractivity contribution is 6.24. The number of likely N-dealkylation sites (N-methyl/N-ethyl adjacent to an activating group) is 1. The number of fused-ring (bicyclic) bond motifs is 3. The quantitative estimate of drug-likeness (QED) is 0.357. The molecule has 1 aromatic carbocycles. The van der Waals surface area contributed by atoms with Crippen molar-refractivity contribution in [2.75, 3.05) is 33.1 Å². The lowest BCUT2D eigenvalue weighted by molar-refractivity contribution is -0.153. The Balaban J connectivity index is 1.78. The average Bonchev–Trinajstić information content (AvgIpc) is 2.86. The van der Waals surface area contributed by atoms with Crippen LogP contribution in [0.1, 0.15) is 17.5 Å². The summed E-state index contributed by atoms with van der Waals surface area (Å²) in [6.07, 6.45) is 3.39. The highest BCUT2D eigenvalue weighted by atomic mass is 16.3. The van der Waals surface area contributed by atoms with Crippen molar-refractivity contribution in [2.45, 2.75) is 24.5 Å². The lowest BCUT2D eigenvalue weighted by atomic mass is 9.57. The zero-order valence-electron chi connectivity index (χ0n) is 22.0. The maximum atomic E-state index is 14.0. The molecule has 1 saturated carbocycles. The van der Waals surface area contributed by atoms with Crippen LogP contribution in [0.15, 0.2) is 47.5 Å². The average molecular weight is 535 g/mol. The van der Waals surface area contributed by atoms with E-state index in [-0.39, 0.29) is 29.7 Å². The molecule has 6 N–H and O–H groups in total. The SMILES string of the molecule is CN(C)c1cc(-c2cccnc2)c(O)c2c1C[C@H]1C[C@H]3[C@H](N(C)C)C(=O)C(C(N)=O)=C(O)[C@@]3(O)C(=O)C1=C2O. The third kappa shape index (κ3) is 3.57. The smallest absolute Gasteiger partial charge is 0.255 e. The number of pyridine rings is 1. The van der Waals surface area contributed by atoms with Crippen LogP contribution in [-0.2, 0) is 20.8 Å². The number of Topliss-reactive ketones (excluding diaryl/α,β-unsaturated/α-hetero) is 2. The van der Waals surface area contributed by atoms with Gasteiger partial charge in [0.1, 0.15) is 22.8 Å². The van der Waals surface area contributed by atoms with E-state index in [9.17, 15) is 34.8 Å². The van der Waals surface area contributed by atoms with Crippen molar-refractivity contribution in [1.29, 1.82) is 0 Å². The Hall–Kier alpha value is -4.22. The zero-order valence-corrected chi connectivity index (χ0v) is 22.0. The first-order chi connectivity index (χ1) is 18.3. The van der Waals surface area contributed by atoms with Gasteiger partial charge in [0, 0.05) is 54.8 Å². The van der Waals surface area contributed by atoms with Crippen LogP contribution < -0.4 is 10.6 Å². The molecule has 0 unspecified atom stereocenters. The van der Waals surface area contributed by atoms with Gasteiger partial charge in [0.25, 0.3) is 5.91 Å². The number of rotatable bonds is 4. The number of benzene rings is 1. The number of hydrogen-bond donors (Lipinski definition) is 5. The number of aliphatic hydroxyl groups excluding tert-OH is 2. The second kappa shape index (κ2) is 8.92. The number of phenolic OH excluding ortho intramolecular Hbond substituents is 1. The molecule has 0 spiro atoms. The van der Waals surface area contributed by atoms with Crippen LogP contribution in [0.25, 0.3) is 16.9 Å². The van der Waals surface area contributed by atoms with Crippen LogP contribution >= 0.6 is 0 Å². The van der Waals surface area contributed by atoms with Crippen molar-refractivity contribution in [2.24, 2.45) is 17.6 Å². The fraction of sp³-hybridized carbons (Fsp3) is 0.357. The highest BCUT2D eigenvalue weighted by Gasteiger charge is 2.64. The fourth-order valence-corrected chi connectivity index (χ4v) is 6.43. The molecule has 0 radical (unpaired) electrons. The molecular weight excluding hydrogens is 504 g/mol. The third-order valence-corrected chi connectivity index (χ3v) is 8.15. The van der Waals surface area contributed by atoms with E-state index in [2.05, 4.69) is 4.98 Å². The van der Waals surface area contributed by atoms with Gasteiger partial charge in [-0.2, -0.15) is 0 Å². The first-order valence-corrected chi connectivity index (χ1v) is 12.4. The largest absolute Gasteiger partial charge is 0.508 e. The molecule has 204 valence electrons. The lowest BCUT2D eigenvalue weighted by Gasteiger charge is -2.50. The number of nitrogens with zero attached hydrogens (tertiary/aromatic N) is 3. The molecule has 0 bridgehead atoms. The molecule has 0 aliphatic heterocycles. The summed E-state index contributed by atoms with van der Waals surface area (Å²) in [6.45, 7) is 0. The number of anilines is 1. The molecule has 1 fully saturated rings. The summed E-state index contributed by atoms with van der Waals surface area (Å²) in [6, 6.07) is 4.11. The minimum atomic E-state index is -2.68. The Kier molecular flexibility index (Phi) is 6.04. The monoisotopic (exact) mass is 534 g/mol. The summed E-state index contributed by atoms with van der Waals surface area (Å²) >= 11 is 0. The molecule has 3 aliphatic rings. The summed E-state index contributed by atoms with van der Waals surface area (Å²) in [7, 11) is 6.76. The summed E-state index contributed by atoms with van der Waals surface area (Å²) in [5.74, 6) is -6.77. The molecule has 4 atom stereocenters. The molecule has 1 amide bonds. The van der Waals surface area contributed by atoms with E-state index in [1.54, 1.807) is 44.7 Å². The van der Waals surface area contributed by atoms with Gasteiger partial charge in [-0.25, -0.2) is 0 Å².